The molecule has 1 saturated heterocycles. The number of methoxy groups -OCH3 is 2. The van der Waals surface area contributed by atoms with E-state index in [-0.39, 0.29) is 0 Å². The molecule has 8 heteroatoms. The van der Waals surface area contributed by atoms with Gasteiger partial charge in [-0.15, -0.1) is 0 Å². The predicted molar refractivity (Wildman–Crippen MR) is 129 cm³/mol. The van der Waals surface area contributed by atoms with Crippen molar-refractivity contribution in [3.63, 3.8) is 0 Å². The first-order valence-corrected chi connectivity index (χ1v) is 12.0. The van der Waals surface area contributed by atoms with Crippen molar-refractivity contribution in [1.82, 2.24) is 4.31 Å². The minimum absolute atomic E-state index is 0.356. The van der Waals surface area contributed by atoms with Crippen LogP contribution >= 0.6 is 0 Å². The third-order valence-electron chi connectivity index (χ3n) is 5.92. The van der Waals surface area contributed by atoms with Gasteiger partial charge >= 0.3 is 0 Å². The Morgan fingerprint density at radius 3 is 2.19 bits per heavy atom. The molecule has 0 aromatic heterocycles. The lowest BCUT2D eigenvalue weighted by Crippen LogP contribution is -2.48. The standard InChI is InChI=1S/C24H29N3O4S/c1-25(2)21-9-5-8-20-19(21)7-6-10-24(20)32(28,29)27-15-13-26(14-16-27)22-12-11-18(30-3)17-23(22)31-4/h5-12,17H,13-16H2,1-4H3. The average molecular weight is 456 g/mol. The molecule has 0 bridgehead atoms. The lowest BCUT2D eigenvalue weighted by molar-refractivity contribution is 0.375. The van der Waals surface area contributed by atoms with Gasteiger partial charge < -0.3 is 19.3 Å². The maximum Gasteiger partial charge on any atom is 0.243 e. The topological polar surface area (TPSA) is 62.3 Å². The molecule has 0 saturated carbocycles. The van der Waals surface area contributed by atoms with Gasteiger partial charge in [0.1, 0.15) is 11.5 Å². The molecule has 170 valence electrons. The van der Waals surface area contributed by atoms with Crippen LogP contribution in [0.4, 0.5) is 11.4 Å². The zero-order chi connectivity index (χ0) is 22.9. The third kappa shape index (κ3) is 3.96. The van der Waals surface area contributed by atoms with E-state index in [2.05, 4.69) is 4.90 Å². The van der Waals surface area contributed by atoms with E-state index in [0.29, 0.717) is 36.8 Å². The molecule has 7 nitrogen and oxygen atoms in total. The van der Waals surface area contributed by atoms with Gasteiger partial charge in [-0.05, 0) is 24.3 Å². The van der Waals surface area contributed by atoms with Crippen molar-refractivity contribution in [2.45, 2.75) is 4.90 Å². The molecule has 1 aliphatic rings. The molecule has 0 radical (unpaired) electrons. The van der Waals surface area contributed by atoms with Crippen molar-refractivity contribution in [1.29, 1.82) is 0 Å². The van der Waals surface area contributed by atoms with Crippen LogP contribution in [0, 0.1) is 0 Å². The molecule has 0 unspecified atom stereocenters. The van der Waals surface area contributed by atoms with E-state index in [4.69, 9.17) is 9.47 Å². The number of hydrogen-bond donors (Lipinski definition) is 0. The second-order valence-corrected chi connectivity index (χ2v) is 9.86. The fourth-order valence-corrected chi connectivity index (χ4v) is 5.86. The van der Waals surface area contributed by atoms with E-state index in [9.17, 15) is 8.42 Å². The van der Waals surface area contributed by atoms with Crippen LogP contribution in [0.25, 0.3) is 10.8 Å². The molecular formula is C24H29N3O4S. The van der Waals surface area contributed by atoms with Crippen LogP contribution in [0.2, 0.25) is 0 Å². The van der Waals surface area contributed by atoms with Crippen LogP contribution in [-0.4, -0.2) is 67.2 Å². The lowest BCUT2D eigenvalue weighted by atomic mass is 10.1. The normalized spacial score (nSPS) is 15.1. The molecule has 1 fully saturated rings. The largest absolute Gasteiger partial charge is 0.497 e. The Balaban J connectivity index is 1.60. The number of piperazine rings is 1. The molecule has 4 rings (SSSR count). The molecule has 0 atom stereocenters. The highest BCUT2D eigenvalue weighted by molar-refractivity contribution is 7.89. The minimum Gasteiger partial charge on any atom is -0.497 e. The van der Waals surface area contributed by atoms with Gasteiger partial charge in [-0.3, -0.25) is 0 Å². The summed E-state index contributed by atoms with van der Waals surface area (Å²) in [5.41, 5.74) is 1.93. The van der Waals surface area contributed by atoms with Crippen LogP contribution in [0.1, 0.15) is 0 Å². The summed E-state index contributed by atoms with van der Waals surface area (Å²) < 4.78 is 39.6. The van der Waals surface area contributed by atoms with Crippen molar-refractivity contribution in [3.8, 4) is 11.5 Å². The first kappa shape index (κ1) is 22.2. The van der Waals surface area contributed by atoms with Gasteiger partial charge in [0.2, 0.25) is 10.0 Å². The Morgan fingerprint density at radius 2 is 1.53 bits per heavy atom. The van der Waals surface area contributed by atoms with Crippen LogP contribution in [0.15, 0.2) is 59.5 Å². The second kappa shape index (κ2) is 8.88. The zero-order valence-electron chi connectivity index (χ0n) is 18.9. The van der Waals surface area contributed by atoms with Gasteiger partial charge in [-0.2, -0.15) is 4.31 Å². The molecule has 0 aliphatic carbocycles. The van der Waals surface area contributed by atoms with Crippen LogP contribution in [-0.2, 0) is 10.0 Å². The van der Waals surface area contributed by atoms with Crippen LogP contribution in [0.3, 0.4) is 0 Å². The molecule has 32 heavy (non-hydrogen) atoms. The Labute approximate surface area is 189 Å². The number of sulfonamides is 1. The maximum absolute atomic E-state index is 13.6. The maximum atomic E-state index is 13.6. The monoisotopic (exact) mass is 455 g/mol. The van der Waals surface area contributed by atoms with Gasteiger partial charge in [0, 0.05) is 62.8 Å². The number of ether oxygens (including phenoxy) is 2. The van der Waals surface area contributed by atoms with E-state index >= 15 is 0 Å². The number of benzene rings is 3. The fourth-order valence-electron chi connectivity index (χ4n) is 4.23. The summed E-state index contributed by atoms with van der Waals surface area (Å²) in [6.07, 6.45) is 0. The summed E-state index contributed by atoms with van der Waals surface area (Å²) in [5.74, 6) is 1.44. The van der Waals surface area contributed by atoms with Gasteiger partial charge in [-0.1, -0.05) is 24.3 Å². The molecule has 1 aliphatic heterocycles. The molecule has 3 aromatic rings. The summed E-state index contributed by atoms with van der Waals surface area (Å²) in [6.45, 7) is 1.97. The number of nitrogens with zero attached hydrogens (tertiary/aromatic N) is 3. The highest BCUT2D eigenvalue weighted by Crippen LogP contribution is 2.35. The summed E-state index contributed by atoms with van der Waals surface area (Å²) in [7, 11) is 3.54. The Hall–Kier alpha value is -2.97. The Bertz CT molecular complexity index is 1220. The minimum atomic E-state index is -3.63. The number of hydrogen-bond acceptors (Lipinski definition) is 6. The van der Waals surface area contributed by atoms with Crippen LogP contribution < -0.4 is 19.3 Å². The first-order chi connectivity index (χ1) is 15.4. The van der Waals surface area contributed by atoms with Crippen molar-refractivity contribution >= 4 is 32.2 Å². The zero-order valence-corrected chi connectivity index (χ0v) is 19.7. The van der Waals surface area contributed by atoms with E-state index in [0.717, 1.165) is 27.9 Å². The smallest absolute Gasteiger partial charge is 0.243 e. The van der Waals surface area contributed by atoms with Gasteiger partial charge in [0.15, 0.2) is 0 Å². The van der Waals surface area contributed by atoms with E-state index < -0.39 is 10.0 Å². The SMILES string of the molecule is COc1ccc(N2CCN(S(=O)(=O)c3cccc4c(N(C)C)cccc34)CC2)c(OC)c1. The number of anilines is 2. The number of fused-ring (bicyclic) bond motifs is 1. The Morgan fingerprint density at radius 1 is 0.844 bits per heavy atom. The van der Waals surface area contributed by atoms with E-state index in [1.165, 1.54) is 0 Å². The number of rotatable bonds is 6. The van der Waals surface area contributed by atoms with E-state index in [1.807, 2.05) is 67.5 Å². The lowest BCUT2D eigenvalue weighted by Gasteiger charge is -2.36. The molecule has 1 heterocycles. The molecule has 0 amide bonds. The summed E-state index contributed by atoms with van der Waals surface area (Å²) >= 11 is 0. The Kier molecular flexibility index (Phi) is 6.17. The summed E-state index contributed by atoms with van der Waals surface area (Å²) in [6, 6.07) is 17.0. The summed E-state index contributed by atoms with van der Waals surface area (Å²) in [4.78, 5) is 4.51. The van der Waals surface area contributed by atoms with Crippen molar-refractivity contribution in [2.24, 2.45) is 0 Å². The molecule has 0 N–H and O–H groups in total. The average Bonchev–Trinajstić information content (AvgIpc) is 2.82. The van der Waals surface area contributed by atoms with Crippen molar-refractivity contribution < 1.29 is 17.9 Å². The molecule has 3 aromatic carbocycles. The molecular weight excluding hydrogens is 426 g/mol. The van der Waals surface area contributed by atoms with Crippen molar-refractivity contribution in [3.05, 3.63) is 54.6 Å². The highest BCUT2D eigenvalue weighted by atomic mass is 32.2. The predicted octanol–water partition coefficient (Wildman–Crippen LogP) is 3.43. The second-order valence-electron chi connectivity index (χ2n) is 7.95. The quantitative estimate of drug-likeness (QED) is 0.568. The van der Waals surface area contributed by atoms with Gasteiger partial charge in [0.05, 0.1) is 24.8 Å². The fraction of sp³-hybridized carbons (Fsp3) is 0.333. The first-order valence-electron chi connectivity index (χ1n) is 10.5. The highest BCUT2D eigenvalue weighted by Gasteiger charge is 2.30. The van der Waals surface area contributed by atoms with Crippen molar-refractivity contribution in [2.75, 3.05) is 64.3 Å². The summed E-state index contributed by atoms with van der Waals surface area (Å²) in [5, 5.41) is 1.68. The van der Waals surface area contributed by atoms with Gasteiger partial charge in [-0.25, -0.2) is 8.42 Å². The third-order valence-corrected chi connectivity index (χ3v) is 7.88. The van der Waals surface area contributed by atoms with Crippen LogP contribution in [0.5, 0.6) is 11.5 Å². The molecule has 0 spiro atoms. The van der Waals surface area contributed by atoms with Gasteiger partial charge in [0.25, 0.3) is 0 Å². The van der Waals surface area contributed by atoms with E-state index in [1.54, 1.807) is 24.6 Å².